The van der Waals surface area contributed by atoms with E-state index >= 15 is 0 Å². The largest absolute Gasteiger partial charge is 0.418 e. The van der Waals surface area contributed by atoms with Crippen LogP contribution in [0.4, 0.5) is 18.9 Å². The number of alkyl halides is 3. The number of rotatable bonds is 6. The zero-order valence-corrected chi connectivity index (χ0v) is 15.9. The highest BCUT2D eigenvalue weighted by atomic mass is 35.5. The van der Waals surface area contributed by atoms with Gasteiger partial charge in [0.1, 0.15) is 6.04 Å². The van der Waals surface area contributed by atoms with Crippen molar-refractivity contribution in [1.82, 2.24) is 10.7 Å². The summed E-state index contributed by atoms with van der Waals surface area (Å²) in [5.74, 6) is -1.58. The van der Waals surface area contributed by atoms with Crippen molar-refractivity contribution in [2.45, 2.75) is 26.1 Å². The molecule has 2 aromatic rings. The average Bonchev–Trinajstić information content (AvgIpc) is 2.63. The molecule has 1 unspecified atom stereocenters. The number of carbonyl (C=O) groups excluding carboxylic acids is 2. The van der Waals surface area contributed by atoms with Gasteiger partial charge in [-0.05, 0) is 30.2 Å². The van der Waals surface area contributed by atoms with Gasteiger partial charge in [0, 0.05) is 0 Å². The smallest absolute Gasteiger partial charge is 0.340 e. The number of hydrogen-bond donors (Lipinski definition) is 3. The summed E-state index contributed by atoms with van der Waals surface area (Å²) in [6.07, 6.45) is -4.58. The number of hydrogen-bond acceptors (Lipinski definition) is 3. The number of amides is 2. The Morgan fingerprint density at radius 3 is 2.21 bits per heavy atom. The lowest BCUT2D eigenvalue weighted by atomic mass is 10.0. The van der Waals surface area contributed by atoms with E-state index in [0.717, 1.165) is 6.07 Å². The van der Waals surface area contributed by atoms with E-state index in [1.165, 1.54) is 30.3 Å². The van der Waals surface area contributed by atoms with Gasteiger partial charge in [-0.15, -0.1) is 0 Å². The van der Waals surface area contributed by atoms with Crippen molar-refractivity contribution in [1.29, 1.82) is 0 Å². The Labute approximate surface area is 165 Å². The van der Waals surface area contributed by atoms with Gasteiger partial charge < -0.3 is 5.32 Å². The van der Waals surface area contributed by atoms with Gasteiger partial charge in [0.2, 0.25) is 0 Å². The van der Waals surface area contributed by atoms with Crippen molar-refractivity contribution in [3.63, 3.8) is 0 Å². The molecule has 0 aromatic heterocycles. The minimum absolute atomic E-state index is 0.193. The van der Waals surface area contributed by atoms with Crippen LogP contribution in [0, 0.1) is 5.92 Å². The molecule has 2 amide bonds. The number of carbonyl (C=O) groups is 2. The molecule has 0 aliphatic heterocycles. The lowest BCUT2D eigenvalue weighted by Gasteiger charge is -2.23. The molecule has 5 nitrogen and oxygen atoms in total. The minimum atomic E-state index is -4.58. The van der Waals surface area contributed by atoms with E-state index in [1.807, 2.05) is 0 Å². The van der Waals surface area contributed by atoms with Crippen molar-refractivity contribution in [2.24, 2.45) is 5.92 Å². The molecule has 0 saturated heterocycles. The quantitative estimate of drug-likeness (QED) is 0.620. The van der Waals surface area contributed by atoms with Gasteiger partial charge in [-0.3, -0.25) is 20.4 Å². The fraction of sp³-hybridized carbons (Fsp3) is 0.263. The Morgan fingerprint density at radius 2 is 1.61 bits per heavy atom. The first-order valence-electron chi connectivity index (χ1n) is 8.38. The summed E-state index contributed by atoms with van der Waals surface area (Å²) < 4.78 is 39.1. The van der Waals surface area contributed by atoms with Gasteiger partial charge >= 0.3 is 6.18 Å². The molecule has 0 radical (unpaired) electrons. The van der Waals surface area contributed by atoms with Crippen molar-refractivity contribution in [3.05, 3.63) is 64.7 Å². The molecular weight excluding hydrogens is 395 g/mol. The highest BCUT2D eigenvalue weighted by Crippen LogP contribution is 2.34. The summed E-state index contributed by atoms with van der Waals surface area (Å²) in [6, 6.07) is 10.1. The molecule has 0 saturated carbocycles. The highest BCUT2D eigenvalue weighted by molar-refractivity contribution is 6.33. The molecular formula is C19H19ClF3N3O2. The fourth-order valence-electron chi connectivity index (χ4n) is 2.45. The van der Waals surface area contributed by atoms with E-state index in [0.29, 0.717) is 0 Å². The summed E-state index contributed by atoms with van der Waals surface area (Å²) in [4.78, 5) is 24.9. The first kappa shape index (κ1) is 21.6. The first-order chi connectivity index (χ1) is 13.1. The third-order valence-corrected chi connectivity index (χ3v) is 4.24. The minimum Gasteiger partial charge on any atom is -0.340 e. The maximum atomic E-state index is 13.0. The van der Waals surface area contributed by atoms with Gasteiger partial charge in [0.15, 0.2) is 0 Å². The Balaban J connectivity index is 2.10. The van der Waals surface area contributed by atoms with Crippen LogP contribution in [0.25, 0.3) is 0 Å². The normalized spacial score (nSPS) is 12.4. The van der Waals surface area contributed by atoms with Crippen molar-refractivity contribution < 1.29 is 22.8 Å². The van der Waals surface area contributed by atoms with E-state index in [-0.39, 0.29) is 22.2 Å². The standard InChI is InChI=1S/C19H19ClF3N3O2/c1-11(2)16(24-17(27)12-7-3-5-9-14(12)20)18(28)26-25-15-10-6-4-8-13(15)19(21,22)23/h3-11,16,25H,1-2H3,(H,24,27)(H,26,28). The van der Waals surface area contributed by atoms with Crippen LogP contribution in [0.5, 0.6) is 0 Å². The van der Waals surface area contributed by atoms with E-state index in [2.05, 4.69) is 16.2 Å². The van der Waals surface area contributed by atoms with E-state index in [1.54, 1.807) is 26.0 Å². The average molecular weight is 414 g/mol. The Bertz CT molecular complexity index is 856. The zero-order valence-electron chi connectivity index (χ0n) is 15.1. The highest BCUT2D eigenvalue weighted by Gasteiger charge is 2.33. The van der Waals surface area contributed by atoms with E-state index in [4.69, 9.17) is 11.6 Å². The summed E-state index contributed by atoms with van der Waals surface area (Å²) in [5, 5.41) is 2.78. The second-order valence-corrected chi connectivity index (χ2v) is 6.74. The first-order valence-corrected chi connectivity index (χ1v) is 8.76. The van der Waals surface area contributed by atoms with E-state index in [9.17, 15) is 22.8 Å². The van der Waals surface area contributed by atoms with Crippen LogP contribution >= 0.6 is 11.6 Å². The van der Waals surface area contributed by atoms with Crippen LogP contribution in [0.15, 0.2) is 48.5 Å². The molecule has 0 spiro atoms. The van der Waals surface area contributed by atoms with Crippen molar-refractivity contribution in [3.8, 4) is 0 Å². The number of hydrazine groups is 1. The molecule has 9 heteroatoms. The SMILES string of the molecule is CC(C)C(NC(=O)c1ccccc1Cl)C(=O)NNc1ccccc1C(F)(F)F. The molecule has 0 heterocycles. The molecule has 1 atom stereocenters. The molecule has 2 aromatic carbocycles. The van der Waals surface area contributed by atoms with Gasteiger partial charge in [0.05, 0.1) is 21.8 Å². The molecule has 0 aliphatic rings. The third-order valence-electron chi connectivity index (χ3n) is 3.91. The van der Waals surface area contributed by atoms with Gasteiger partial charge in [-0.2, -0.15) is 13.2 Å². The predicted molar refractivity (Wildman–Crippen MR) is 101 cm³/mol. The number of anilines is 1. The number of para-hydroxylation sites is 1. The van der Waals surface area contributed by atoms with Crippen LogP contribution in [-0.4, -0.2) is 17.9 Å². The Kier molecular flexibility index (Phi) is 6.90. The Hall–Kier alpha value is -2.74. The second-order valence-electron chi connectivity index (χ2n) is 6.33. The van der Waals surface area contributed by atoms with Gasteiger partial charge in [-0.25, -0.2) is 0 Å². The summed E-state index contributed by atoms with van der Waals surface area (Å²) in [6.45, 7) is 3.39. The van der Waals surface area contributed by atoms with Crippen LogP contribution in [0.2, 0.25) is 5.02 Å². The molecule has 150 valence electrons. The van der Waals surface area contributed by atoms with Crippen LogP contribution in [-0.2, 0) is 11.0 Å². The summed E-state index contributed by atoms with van der Waals surface area (Å²) in [7, 11) is 0. The van der Waals surface area contributed by atoms with Crippen LogP contribution < -0.4 is 16.2 Å². The zero-order chi connectivity index (χ0) is 20.9. The lowest BCUT2D eigenvalue weighted by molar-refractivity contribution is -0.137. The molecule has 3 N–H and O–H groups in total. The summed E-state index contributed by atoms with van der Waals surface area (Å²) in [5.41, 5.74) is 3.48. The monoisotopic (exact) mass is 413 g/mol. The third kappa shape index (κ3) is 5.39. The maximum absolute atomic E-state index is 13.0. The fourth-order valence-corrected chi connectivity index (χ4v) is 2.67. The number of benzene rings is 2. The van der Waals surface area contributed by atoms with Crippen LogP contribution in [0.3, 0.4) is 0 Å². The predicted octanol–water partition coefficient (Wildman–Crippen LogP) is 4.26. The lowest BCUT2D eigenvalue weighted by Crippen LogP contribution is -2.51. The molecule has 0 aliphatic carbocycles. The Morgan fingerprint density at radius 1 is 1.00 bits per heavy atom. The molecule has 0 bridgehead atoms. The van der Waals surface area contributed by atoms with E-state index < -0.39 is 29.6 Å². The molecule has 2 rings (SSSR count). The van der Waals surface area contributed by atoms with Gasteiger partial charge in [0.25, 0.3) is 11.8 Å². The number of nitrogens with one attached hydrogen (secondary N) is 3. The molecule has 28 heavy (non-hydrogen) atoms. The van der Waals surface area contributed by atoms with Crippen molar-refractivity contribution in [2.75, 3.05) is 5.43 Å². The van der Waals surface area contributed by atoms with Crippen LogP contribution in [0.1, 0.15) is 29.8 Å². The molecule has 0 fully saturated rings. The van der Waals surface area contributed by atoms with Gasteiger partial charge in [-0.1, -0.05) is 49.7 Å². The summed E-state index contributed by atoms with van der Waals surface area (Å²) >= 11 is 5.98. The second kappa shape index (κ2) is 8.97. The topological polar surface area (TPSA) is 70.2 Å². The maximum Gasteiger partial charge on any atom is 0.418 e. The van der Waals surface area contributed by atoms with Crippen molar-refractivity contribution >= 4 is 29.1 Å². The number of halogens is 4.